The molecule has 1 rings (SSSR count). The average molecular weight is 285 g/mol. The van der Waals surface area contributed by atoms with Gasteiger partial charge in [0, 0.05) is 6.42 Å². The van der Waals surface area contributed by atoms with Crippen molar-refractivity contribution < 1.29 is 4.74 Å². The van der Waals surface area contributed by atoms with E-state index in [2.05, 4.69) is 26.0 Å². The van der Waals surface area contributed by atoms with E-state index in [0.29, 0.717) is 11.7 Å². The maximum absolute atomic E-state index is 6.47. The molecule has 0 bridgehead atoms. The fourth-order valence-electron chi connectivity index (χ4n) is 1.94. The van der Waals surface area contributed by atoms with E-state index in [0.717, 1.165) is 18.4 Å². The first-order chi connectivity index (χ1) is 8.44. The van der Waals surface area contributed by atoms with Crippen molar-refractivity contribution in [2.75, 3.05) is 6.61 Å². The number of ether oxygens (including phenoxy) is 1. The van der Waals surface area contributed by atoms with Crippen molar-refractivity contribution in [2.24, 2.45) is 5.41 Å². The molecule has 0 N–H and O–H groups in total. The second kappa shape index (κ2) is 7.10. The zero-order chi connectivity index (χ0) is 13.6. The Kier molecular flexibility index (Phi) is 6.10. The van der Waals surface area contributed by atoms with Gasteiger partial charge in [0.25, 0.3) is 0 Å². The summed E-state index contributed by atoms with van der Waals surface area (Å²) in [6.45, 7) is 6.94. The number of hydrogen-bond donors (Lipinski definition) is 0. The first kappa shape index (κ1) is 15.5. The molecule has 1 atom stereocenters. The molecule has 1 aromatic carbocycles. The molecule has 0 aliphatic heterocycles. The molecule has 100 valence electrons. The molecule has 1 aromatic rings. The van der Waals surface area contributed by atoms with Gasteiger partial charge in [0.05, 0.1) is 12.0 Å². The predicted octanol–water partition coefficient (Wildman–Crippen LogP) is 5.14. The lowest BCUT2D eigenvalue weighted by Gasteiger charge is -2.27. The van der Waals surface area contributed by atoms with Gasteiger partial charge in [-0.1, -0.05) is 44.2 Å². The van der Waals surface area contributed by atoms with Gasteiger partial charge in [-0.15, -0.1) is 11.6 Å². The van der Waals surface area contributed by atoms with Gasteiger partial charge in [-0.05, 0) is 36.5 Å². The zero-order valence-corrected chi connectivity index (χ0v) is 12.9. The third kappa shape index (κ3) is 5.36. The van der Waals surface area contributed by atoms with E-state index >= 15 is 0 Å². The van der Waals surface area contributed by atoms with E-state index < -0.39 is 0 Å². The molecule has 0 spiro atoms. The summed E-state index contributed by atoms with van der Waals surface area (Å²) in [6, 6.07) is 10.2. The third-order valence-electron chi connectivity index (χ3n) is 2.82. The summed E-state index contributed by atoms with van der Waals surface area (Å²) in [5.74, 6) is 0. The second-order valence-corrected chi connectivity index (χ2v) is 6.21. The maximum atomic E-state index is 6.47. The lowest BCUT2D eigenvalue weighted by molar-refractivity contribution is 0.280. The first-order valence-electron chi connectivity index (χ1n) is 6.29. The Morgan fingerprint density at radius 1 is 1.33 bits per heavy atom. The Morgan fingerprint density at radius 2 is 1.94 bits per heavy atom. The summed E-state index contributed by atoms with van der Waals surface area (Å²) in [4.78, 5) is 0. The van der Waals surface area contributed by atoms with Crippen LogP contribution >= 0.6 is 23.8 Å². The molecular weight excluding hydrogens is 264 g/mol. The fourth-order valence-corrected chi connectivity index (χ4v) is 3.01. The Balaban J connectivity index is 2.57. The van der Waals surface area contributed by atoms with Gasteiger partial charge in [-0.25, -0.2) is 0 Å². The van der Waals surface area contributed by atoms with Crippen molar-refractivity contribution in [1.29, 1.82) is 0 Å². The highest BCUT2D eigenvalue weighted by Crippen LogP contribution is 2.37. The quantitative estimate of drug-likeness (QED) is 0.528. The highest BCUT2D eigenvalue weighted by atomic mass is 35.5. The number of alkyl halides is 1. The Labute approximate surface area is 120 Å². The molecule has 0 aliphatic rings. The van der Waals surface area contributed by atoms with Gasteiger partial charge in [-0.2, -0.15) is 0 Å². The van der Waals surface area contributed by atoms with Gasteiger partial charge in [0.15, 0.2) is 5.05 Å². The van der Waals surface area contributed by atoms with Gasteiger partial charge in [0.2, 0.25) is 0 Å². The maximum Gasteiger partial charge on any atom is 0.160 e. The van der Waals surface area contributed by atoms with Crippen LogP contribution in [0.25, 0.3) is 0 Å². The third-order valence-corrected chi connectivity index (χ3v) is 3.49. The van der Waals surface area contributed by atoms with Crippen LogP contribution in [0, 0.1) is 5.41 Å². The van der Waals surface area contributed by atoms with Crippen molar-refractivity contribution in [3.8, 4) is 0 Å². The molecule has 0 saturated heterocycles. The summed E-state index contributed by atoms with van der Waals surface area (Å²) >= 11 is 11.7. The van der Waals surface area contributed by atoms with Gasteiger partial charge < -0.3 is 4.74 Å². The monoisotopic (exact) mass is 284 g/mol. The molecule has 0 fully saturated rings. The van der Waals surface area contributed by atoms with E-state index in [1.807, 2.05) is 25.1 Å². The summed E-state index contributed by atoms with van der Waals surface area (Å²) in [6.07, 6.45) is 1.65. The molecule has 18 heavy (non-hydrogen) atoms. The lowest BCUT2D eigenvalue weighted by Crippen LogP contribution is -2.19. The number of benzene rings is 1. The fraction of sp³-hybridized carbons (Fsp3) is 0.533. The van der Waals surface area contributed by atoms with Gasteiger partial charge >= 0.3 is 0 Å². The molecule has 0 aromatic heterocycles. The van der Waals surface area contributed by atoms with Crippen molar-refractivity contribution in [3.05, 3.63) is 35.9 Å². The molecular formula is C15H21ClOS. The van der Waals surface area contributed by atoms with Gasteiger partial charge in [-0.3, -0.25) is 0 Å². The summed E-state index contributed by atoms with van der Waals surface area (Å²) in [7, 11) is 0. The summed E-state index contributed by atoms with van der Waals surface area (Å²) < 4.78 is 5.35. The van der Waals surface area contributed by atoms with E-state index in [1.165, 1.54) is 0 Å². The van der Waals surface area contributed by atoms with Crippen molar-refractivity contribution in [1.82, 2.24) is 0 Å². The van der Waals surface area contributed by atoms with Crippen LogP contribution in [-0.2, 0) is 4.74 Å². The molecule has 3 heteroatoms. The number of rotatable bonds is 6. The van der Waals surface area contributed by atoms with E-state index in [-0.39, 0.29) is 10.8 Å². The average Bonchev–Trinajstić information content (AvgIpc) is 2.29. The smallest absolute Gasteiger partial charge is 0.160 e. The Hall–Kier alpha value is -0.600. The number of hydrogen-bond acceptors (Lipinski definition) is 2. The van der Waals surface area contributed by atoms with Crippen LogP contribution in [0.5, 0.6) is 0 Å². The standard InChI is InChI=1S/C15H21ClOS/c1-4-17-14(18)11-15(2,3)10-13(16)12-8-6-5-7-9-12/h5-9,13H,4,10-11H2,1-3H3. The van der Waals surface area contributed by atoms with Crippen LogP contribution in [0.15, 0.2) is 30.3 Å². The molecule has 0 amide bonds. The SMILES string of the molecule is CCOC(=S)CC(C)(C)CC(Cl)c1ccccc1. The van der Waals surface area contributed by atoms with Crippen LogP contribution in [0.3, 0.4) is 0 Å². The normalized spacial score (nSPS) is 13.1. The van der Waals surface area contributed by atoms with Crippen LogP contribution in [0.4, 0.5) is 0 Å². The molecule has 0 radical (unpaired) electrons. The lowest BCUT2D eigenvalue weighted by atomic mass is 9.83. The zero-order valence-electron chi connectivity index (χ0n) is 11.3. The van der Waals surface area contributed by atoms with E-state index in [1.54, 1.807) is 0 Å². The van der Waals surface area contributed by atoms with Crippen molar-refractivity contribution in [3.63, 3.8) is 0 Å². The molecule has 1 unspecified atom stereocenters. The Bertz CT molecular complexity index is 375. The van der Waals surface area contributed by atoms with Crippen LogP contribution in [0.2, 0.25) is 0 Å². The number of thiocarbonyl (C=S) groups is 1. The number of halogens is 1. The second-order valence-electron chi connectivity index (χ2n) is 5.23. The largest absolute Gasteiger partial charge is 0.487 e. The van der Waals surface area contributed by atoms with Crippen LogP contribution in [-0.4, -0.2) is 11.7 Å². The predicted molar refractivity (Wildman–Crippen MR) is 82.3 cm³/mol. The Morgan fingerprint density at radius 3 is 2.50 bits per heavy atom. The van der Waals surface area contributed by atoms with E-state index in [4.69, 9.17) is 28.6 Å². The highest BCUT2D eigenvalue weighted by molar-refractivity contribution is 7.80. The van der Waals surface area contributed by atoms with Crippen molar-refractivity contribution >= 4 is 28.9 Å². The minimum absolute atomic E-state index is 0.0191. The first-order valence-corrected chi connectivity index (χ1v) is 7.14. The molecule has 1 nitrogen and oxygen atoms in total. The summed E-state index contributed by atoms with van der Waals surface area (Å²) in [5.41, 5.74) is 1.21. The highest BCUT2D eigenvalue weighted by Gasteiger charge is 2.25. The van der Waals surface area contributed by atoms with Crippen LogP contribution in [0.1, 0.15) is 44.6 Å². The summed E-state index contributed by atoms with van der Waals surface area (Å²) in [5, 5.41) is 0.699. The molecule has 0 saturated carbocycles. The van der Waals surface area contributed by atoms with Crippen molar-refractivity contribution in [2.45, 2.75) is 39.0 Å². The van der Waals surface area contributed by atoms with E-state index in [9.17, 15) is 0 Å². The van der Waals surface area contributed by atoms with Gasteiger partial charge in [0.1, 0.15) is 0 Å². The molecule has 0 aliphatic carbocycles. The minimum atomic E-state index is 0.0191. The minimum Gasteiger partial charge on any atom is -0.487 e. The topological polar surface area (TPSA) is 9.23 Å². The van der Waals surface area contributed by atoms with Crippen LogP contribution < -0.4 is 0 Å². The molecule has 0 heterocycles.